The standard InChI is InChI=1S/C13H17ClFN/c1-13(6-7-13)12(16-2)8-9-10(14)4-3-5-11(9)15/h3-5,12,16H,6-8H2,1-2H3. The Morgan fingerprint density at radius 1 is 1.50 bits per heavy atom. The SMILES string of the molecule is CNC(Cc1c(F)cccc1Cl)C1(C)CC1. The zero-order chi connectivity index (χ0) is 11.8. The third-order valence-electron chi connectivity index (χ3n) is 3.70. The lowest BCUT2D eigenvalue weighted by Crippen LogP contribution is -2.35. The van der Waals surface area contributed by atoms with E-state index in [2.05, 4.69) is 12.2 Å². The molecule has 1 aliphatic carbocycles. The summed E-state index contributed by atoms with van der Waals surface area (Å²) >= 11 is 6.03. The second-order valence-corrected chi connectivity index (χ2v) is 5.31. The van der Waals surface area contributed by atoms with Crippen molar-refractivity contribution in [1.82, 2.24) is 5.32 Å². The lowest BCUT2D eigenvalue weighted by atomic mass is 9.92. The number of nitrogens with one attached hydrogen (secondary N) is 1. The average Bonchev–Trinajstić information content (AvgIpc) is 2.97. The van der Waals surface area contributed by atoms with Gasteiger partial charge < -0.3 is 5.32 Å². The van der Waals surface area contributed by atoms with Gasteiger partial charge in [0.2, 0.25) is 0 Å². The van der Waals surface area contributed by atoms with Crippen molar-refractivity contribution in [2.45, 2.75) is 32.2 Å². The fraction of sp³-hybridized carbons (Fsp3) is 0.538. The Hall–Kier alpha value is -0.600. The van der Waals surface area contributed by atoms with Crippen molar-refractivity contribution in [1.29, 1.82) is 0 Å². The summed E-state index contributed by atoms with van der Waals surface area (Å²) in [7, 11) is 1.93. The predicted molar refractivity (Wildman–Crippen MR) is 65.3 cm³/mol. The molecule has 0 aliphatic heterocycles. The molecular weight excluding hydrogens is 225 g/mol. The fourth-order valence-corrected chi connectivity index (χ4v) is 2.41. The average molecular weight is 242 g/mol. The van der Waals surface area contributed by atoms with E-state index in [9.17, 15) is 4.39 Å². The lowest BCUT2D eigenvalue weighted by Gasteiger charge is -2.23. The third kappa shape index (κ3) is 2.23. The van der Waals surface area contributed by atoms with Gasteiger partial charge in [0.05, 0.1) is 0 Å². The van der Waals surface area contributed by atoms with E-state index in [1.807, 2.05) is 7.05 Å². The van der Waals surface area contributed by atoms with Crippen LogP contribution < -0.4 is 5.32 Å². The second-order valence-electron chi connectivity index (χ2n) is 4.90. The molecule has 0 saturated heterocycles. The summed E-state index contributed by atoms with van der Waals surface area (Å²) in [4.78, 5) is 0. The first kappa shape index (κ1) is 11.9. The van der Waals surface area contributed by atoms with E-state index in [0.29, 0.717) is 28.5 Å². The van der Waals surface area contributed by atoms with Gasteiger partial charge in [0.15, 0.2) is 0 Å². The van der Waals surface area contributed by atoms with Gasteiger partial charge in [0.25, 0.3) is 0 Å². The normalized spacial score (nSPS) is 19.5. The fourth-order valence-electron chi connectivity index (χ4n) is 2.17. The van der Waals surface area contributed by atoms with E-state index in [1.165, 1.54) is 18.9 Å². The van der Waals surface area contributed by atoms with Crippen molar-refractivity contribution >= 4 is 11.6 Å². The van der Waals surface area contributed by atoms with Gasteiger partial charge >= 0.3 is 0 Å². The highest BCUT2D eigenvalue weighted by atomic mass is 35.5. The van der Waals surface area contributed by atoms with E-state index in [0.717, 1.165) is 0 Å². The maximum Gasteiger partial charge on any atom is 0.127 e. The topological polar surface area (TPSA) is 12.0 Å². The maximum atomic E-state index is 13.6. The molecule has 0 aromatic heterocycles. The number of hydrogen-bond acceptors (Lipinski definition) is 1. The Morgan fingerprint density at radius 2 is 2.19 bits per heavy atom. The van der Waals surface area contributed by atoms with E-state index in [-0.39, 0.29) is 5.82 Å². The van der Waals surface area contributed by atoms with Crippen molar-refractivity contribution in [3.05, 3.63) is 34.6 Å². The summed E-state index contributed by atoms with van der Waals surface area (Å²) in [6, 6.07) is 5.18. The van der Waals surface area contributed by atoms with Crippen LogP contribution in [-0.2, 0) is 6.42 Å². The highest BCUT2D eigenvalue weighted by molar-refractivity contribution is 6.31. The van der Waals surface area contributed by atoms with Crippen LogP contribution in [0.2, 0.25) is 5.02 Å². The Balaban J connectivity index is 2.19. The van der Waals surface area contributed by atoms with Crippen LogP contribution in [0.1, 0.15) is 25.3 Å². The van der Waals surface area contributed by atoms with Gasteiger partial charge in [-0.25, -0.2) is 4.39 Å². The van der Waals surface area contributed by atoms with Crippen LogP contribution in [0.4, 0.5) is 4.39 Å². The molecule has 1 atom stereocenters. The molecule has 0 radical (unpaired) electrons. The number of rotatable bonds is 4. The van der Waals surface area contributed by atoms with Crippen LogP contribution in [0.5, 0.6) is 0 Å². The number of hydrogen-bond donors (Lipinski definition) is 1. The molecule has 1 fully saturated rings. The van der Waals surface area contributed by atoms with E-state index >= 15 is 0 Å². The summed E-state index contributed by atoms with van der Waals surface area (Å²) in [5.74, 6) is -0.197. The quantitative estimate of drug-likeness (QED) is 0.852. The molecule has 1 nitrogen and oxygen atoms in total. The van der Waals surface area contributed by atoms with Crippen LogP contribution in [-0.4, -0.2) is 13.1 Å². The Bertz CT molecular complexity index is 367. The molecule has 1 unspecified atom stereocenters. The Kier molecular flexibility index (Phi) is 3.22. The van der Waals surface area contributed by atoms with Gasteiger partial charge in [0, 0.05) is 16.6 Å². The molecule has 1 aromatic rings. The summed E-state index contributed by atoms with van der Waals surface area (Å²) < 4.78 is 13.6. The largest absolute Gasteiger partial charge is 0.316 e. The molecular formula is C13H17ClFN. The smallest absolute Gasteiger partial charge is 0.127 e. The molecule has 0 amide bonds. The maximum absolute atomic E-state index is 13.6. The van der Waals surface area contributed by atoms with Crippen molar-refractivity contribution in [3.8, 4) is 0 Å². The van der Waals surface area contributed by atoms with Crippen LogP contribution >= 0.6 is 11.6 Å². The van der Waals surface area contributed by atoms with Crippen molar-refractivity contribution in [2.24, 2.45) is 5.41 Å². The Labute approximate surface area is 101 Å². The first-order valence-corrected chi connectivity index (χ1v) is 6.05. The molecule has 16 heavy (non-hydrogen) atoms. The van der Waals surface area contributed by atoms with Crippen molar-refractivity contribution in [3.63, 3.8) is 0 Å². The first-order chi connectivity index (χ1) is 7.57. The number of likely N-dealkylation sites (N-methyl/N-ethyl adjacent to an activating group) is 1. The van der Waals surface area contributed by atoms with Crippen LogP contribution in [0.3, 0.4) is 0 Å². The van der Waals surface area contributed by atoms with Gasteiger partial charge in [-0.3, -0.25) is 0 Å². The number of halogens is 2. The minimum absolute atomic E-state index is 0.197. The highest BCUT2D eigenvalue weighted by Gasteiger charge is 2.44. The van der Waals surface area contributed by atoms with E-state index in [1.54, 1.807) is 12.1 Å². The monoisotopic (exact) mass is 241 g/mol. The molecule has 88 valence electrons. The van der Waals surface area contributed by atoms with Gasteiger partial charge in [-0.2, -0.15) is 0 Å². The first-order valence-electron chi connectivity index (χ1n) is 5.67. The molecule has 0 spiro atoms. The molecule has 3 heteroatoms. The minimum atomic E-state index is -0.197. The van der Waals surface area contributed by atoms with E-state index in [4.69, 9.17) is 11.6 Å². The summed E-state index contributed by atoms with van der Waals surface area (Å²) in [6.07, 6.45) is 3.09. The van der Waals surface area contributed by atoms with Gasteiger partial charge in [-0.05, 0) is 43.9 Å². The molecule has 0 bridgehead atoms. The second kappa shape index (κ2) is 4.34. The summed E-state index contributed by atoms with van der Waals surface area (Å²) in [6.45, 7) is 2.24. The molecule has 1 aromatic carbocycles. The zero-order valence-corrected chi connectivity index (χ0v) is 10.4. The summed E-state index contributed by atoms with van der Waals surface area (Å²) in [5, 5.41) is 3.81. The predicted octanol–water partition coefficient (Wildman–Crippen LogP) is 3.41. The van der Waals surface area contributed by atoms with Gasteiger partial charge in [0.1, 0.15) is 5.82 Å². The van der Waals surface area contributed by atoms with Gasteiger partial charge in [-0.15, -0.1) is 0 Å². The van der Waals surface area contributed by atoms with Crippen LogP contribution in [0.25, 0.3) is 0 Å². The van der Waals surface area contributed by atoms with Crippen molar-refractivity contribution in [2.75, 3.05) is 7.05 Å². The molecule has 1 N–H and O–H groups in total. The molecule has 1 saturated carbocycles. The molecule has 0 heterocycles. The van der Waals surface area contributed by atoms with Crippen LogP contribution in [0.15, 0.2) is 18.2 Å². The van der Waals surface area contributed by atoms with Crippen molar-refractivity contribution < 1.29 is 4.39 Å². The highest BCUT2D eigenvalue weighted by Crippen LogP contribution is 2.49. The van der Waals surface area contributed by atoms with Gasteiger partial charge in [-0.1, -0.05) is 24.6 Å². The Morgan fingerprint density at radius 3 is 2.69 bits per heavy atom. The molecule has 2 rings (SSSR count). The zero-order valence-electron chi connectivity index (χ0n) is 9.69. The summed E-state index contributed by atoms with van der Waals surface area (Å²) in [5.41, 5.74) is 0.956. The minimum Gasteiger partial charge on any atom is -0.316 e. The van der Waals surface area contributed by atoms with Crippen LogP contribution in [0, 0.1) is 11.2 Å². The molecule has 1 aliphatic rings. The lowest BCUT2D eigenvalue weighted by molar-refractivity contribution is 0.372. The van der Waals surface area contributed by atoms with E-state index < -0.39 is 0 Å². The number of benzene rings is 1. The third-order valence-corrected chi connectivity index (χ3v) is 4.05.